The van der Waals surface area contributed by atoms with Crippen molar-refractivity contribution in [2.45, 2.75) is 32.6 Å². The van der Waals surface area contributed by atoms with Crippen molar-refractivity contribution in [3.8, 4) is 0 Å². The Morgan fingerprint density at radius 1 is 1.33 bits per heavy atom. The van der Waals surface area contributed by atoms with Gasteiger partial charge in [0.2, 0.25) is 11.8 Å². The lowest BCUT2D eigenvalue weighted by molar-refractivity contribution is -0.165. The molecule has 2 saturated heterocycles. The summed E-state index contributed by atoms with van der Waals surface area (Å²) in [6, 6.07) is 0. The van der Waals surface area contributed by atoms with Crippen LogP contribution in [0.25, 0.3) is 0 Å². The number of halogens is 2. The zero-order valence-corrected chi connectivity index (χ0v) is 12.5. The highest BCUT2D eigenvalue weighted by Crippen LogP contribution is 2.45. The summed E-state index contributed by atoms with van der Waals surface area (Å²) >= 11 is 0. The largest absolute Gasteiger partial charge is 0.372 e. The van der Waals surface area contributed by atoms with E-state index in [-0.39, 0.29) is 19.1 Å². The molecular weight excluding hydrogens is 282 g/mol. The predicted molar refractivity (Wildman–Crippen MR) is 71.9 cm³/mol. The molecule has 5 nitrogen and oxygen atoms in total. The van der Waals surface area contributed by atoms with Crippen molar-refractivity contribution in [2.75, 3.05) is 39.4 Å². The summed E-state index contributed by atoms with van der Waals surface area (Å²) in [5.41, 5.74) is -1.13. The lowest BCUT2D eigenvalue weighted by atomic mass is 9.77. The van der Waals surface area contributed by atoms with E-state index in [1.54, 1.807) is 11.8 Å². The molecule has 21 heavy (non-hydrogen) atoms. The van der Waals surface area contributed by atoms with Crippen LogP contribution in [0.2, 0.25) is 0 Å². The molecule has 0 saturated carbocycles. The van der Waals surface area contributed by atoms with Crippen LogP contribution in [-0.4, -0.2) is 66.9 Å². The van der Waals surface area contributed by atoms with Crippen molar-refractivity contribution in [2.24, 2.45) is 5.41 Å². The first-order valence-electron chi connectivity index (χ1n) is 7.36. The van der Waals surface area contributed by atoms with Crippen molar-refractivity contribution in [3.63, 3.8) is 0 Å². The van der Waals surface area contributed by atoms with Crippen molar-refractivity contribution < 1.29 is 23.1 Å². The summed E-state index contributed by atoms with van der Waals surface area (Å²) in [6.45, 7) is 4.15. The molecule has 1 spiro atoms. The van der Waals surface area contributed by atoms with Crippen molar-refractivity contribution in [1.29, 1.82) is 0 Å². The SMILES string of the molecule is CCOCC(=O)N1CC(F)(F)C[C@]2(CCN(CC)C2=O)C1. The zero-order valence-electron chi connectivity index (χ0n) is 12.5. The van der Waals surface area contributed by atoms with E-state index in [9.17, 15) is 18.4 Å². The van der Waals surface area contributed by atoms with Gasteiger partial charge in [-0.3, -0.25) is 9.59 Å². The Kier molecular flexibility index (Phi) is 4.51. The van der Waals surface area contributed by atoms with Gasteiger partial charge in [-0.25, -0.2) is 8.78 Å². The van der Waals surface area contributed by atoms with Gasteiger partial charge >= 0.3 is 0 Å². The smallest absolute Gasteiger partial charge is 0.266 e. The van der Waals surface area contributed by atoms with Crippen LogP contribution in [-0.2, 0) is 14.3 Å². The van der Waals surface area contributed by atoms with Gasteiger partial charge in [0.15, 0.2) is 0 Å². The zero-order chi connectivity index (χ0) is 15.7. The fraction of sp³-hybridized carbons (Fsp3) is 0.857. The third-order valence-corrected chi connectivity index (χ3v) is 4.28. The molecule has 0 N–H and O–H groups in total. The highest BCUT2D eigenvalue weighted by Gasteiger charge is 2.57. The molecule has 0 bridgehead atoms. The first-order chi connectivity index (χ1) is 9.83. The van der Waals surface area contributed by atoms with Gasteiger partial charge in [-0.2, -0.15) is 0 Å². The number of likely N-dealkylation sites (tertiary alicyclic amines) is 2. The first kappa shape index (κ1) is 16.1. The van der Waals surface area contributed by atoms with Gasteiger partial charge in [-0.05, 0) is 20.3 Å². The highest BCUT2D eigenvalue weighted by atomic mass is 19.3. The Morgan fingerprint density at radius 2 is 2.05 bits per heavy atom. The van der Waals surface area contributed by atoms with Gasteiger partial charge < -0.3 is 14.5 Å². The van der Waals surface area contributed by atoms with E-state index >= 15 is 0 Å². The lowest BCUT2D eigenvalue weighted by Crippen LogP contribution is -2.57. The monoisotopic (exact) mass is 304 g/mol. The number of alkyl halides is 2. The van der Waals surface area contributed by atoms with E-state index < -0.39 is 30.2 Å². The van der Waals surface area contributed by atoms with Crippen LogP contribution in [0.3, 0.4) is 0 Å². The first-order valence-corrected chi connectivity index (χ1v) is 7.36. The number of ether oxygens (including phenoxy) is 1. The number of hydrogen-bond acceptors (Lipinski definition) is 3. The van der Waals surface area contributed by atoms with E-state index in [1.165, 1.54) is 0 Å². The van der Waals surface area contributed by atoms with Crippen molar-refractivity contribution >= 4 is 11.8 Å². The maximum absolute atomic E-state index is 14.0. The number of piperidine rings is 1. The average molecular weight is 304 g/mol. The fourth-order valence-corrected chi connectivity index (χ4v) is 3.27. The summed E-state index contributed by atoms with van der Waals surface area (Å²) in [5, 5.41) is 0. The normalized spacial score (nSPS) is 28.5. The van der Waals surface area contributed by atoms with Crippen LogP contribution in [0.1, 0.15) is 26.7 Å². The maximum Gasteiger partial charge on any atom is 0.266 e. The number of carbonyl (C=O) groups excluding carboxylic acids is 2. The van der Waals surface area contributed by atoms with Crippen LogP contribution in [0.15, 0.2) is 0 Å². The Balaban J connectivity index is 2.17. The molecule has 0 aliphatic carbocycles. The summed E-state index contributed by atoms with van der Waals surface area (Å²) in [7, 11) is 0. The van der Waals surface area contributed by atoms with Gasteiger partial charge in [0.1, 0.15) is 6.61 Å². The minimum atomic E-state index is -3.03. The number of hydrogen-bond donors (Lipinski definition) is 0. The Labute approximate surface area is 123 Å². The molecule has 120 valence electrons. The lowest BCUT2D eigenvalue weighted by Gasteiger charge is -2.42. The Hall–Kier alpha value is -1.24. The van der Waals surface area contributed by atoms with Crippen molar-refractivity contribution in [1.82, 2.24) is 9.80 Å². The fourth-order valence-electron chi connectivity index (χ4n) is 3.27. The molecule has 2 amide bonds. The van der Waals surface area contributed by atoms with Gasteiger partial charge in [0.25, 0.3) is 5.92 Å². The second-order valence-electron chi connectivity index (χ2n) is 5.83. The highest BCUT2D eigenvalue weighted by molar-refractivity contribution is 5.87. The number of amides is 2. The summed E-state index contributed by atoms with van der Waals surface area (Å²) in [6.07, 6.45) is -0.0819. The van der Waals surface area contributed by atoms with E-state index in [0.29, 0.717) is 26.1 Å². The second kappa shape index (κ2) is 5.87. The molecule has 1 atom stereocenters. The third kappa shape index (κ3) is 3.17. The van der Waals surface area contributed by atoms with Gasteiger partial charge in [-0.1, -0.05) is 0 Å². The summed E-state index contributed by atoms with van der Waals surface area (Å²) in [4.78, 5) is 27.1. The van der Waals surface area contributed by atoms with Crippen LogP contribution in [0, 0.1) is 5.41 Å². The third-order valence-electron chi connectivity index (χ3n) is 4.28. The number of nitrogens with zero attached hydrogens (tertiary/aromatic N) is 2. The quantitative estimate of drug-likeness (QED) is 0.782. The minimum Gasteiger partial charge on any atom is -0.372 e. The molecule has 7 heteroatoms. The second-order valence-corrected chi connectivity index (χ2v) is 5.83. The van der Waals surface area contributed by atoms with Crippen LogP contribution >= 0.6 is 0 Å². The topological polar surface area (TPSA) is 49.9 Å². The van der Waals surface area contributed by atoms with Gasteiger partial charge in [-0.15, -0.1) is 0 Å². The molecule has 0 radical (unpaired) electrons. The van der Waals surface area contributed by atoms with Crippen LogP contribution in [0.4, 0.5) is 8.78 Å². The van der Waals surface area contributed by atoms with E-state index in [1.807, 2.05) is 6.92 Å². The van der Waals surface area contributed by atoms with Gasteiger partial charge in [0.05, 0.1) is 12.0 Å². The van der Waals surface area contributed by atoms with Crippen LogP contribution in [0.5, 0.6) is 0 Å². The summed E-state index contributed by atoms with van der Waals surface area (Å²) in [5.74, 6) is -3.75. The molecule has 0 unspecified atom stereocenters. The maximum atomic E-state index is 14.0. The van der Waals surface area contributed by atoms with E-state index in [2.05, 4.69) is 0 Å². The molecule has 2 aliphatic rings. The molecule has 2 rings (SSSR count). The summed E-state index contributed by atoms with van der Waals surface area (Å²) < 4.78 is 33.1. The molecule has 0 aromatic heterocycles. The van der Waals surface area contributed by atoms with Crippen LogP contribution < -0.4 is 0 Å². The van der Waals surface area contributed by atoms with E-state index in [0.717, 1.165) is 4.90 Å². The Bertz CT molecular complexity index is 430. The predicted octanol–water partition coefficient (Wildman–Crippen LogP) is 1.13. The molecule has 0 aromatic carbocycles. The molecular formula is C14H22F2N2O3. The van der Waals surface area contributed by atoms with E-state index in [4.69, 9.17) is 4.74 Å². The van der Waals surface area contributed by atoms with Crippen molar-refractivity contribution in [3.05, 3.63) is 0 Å². The Morgan fingerprint density at radius 3 is 2.62 bits per heavy atom. The minimum absolute atomic E-state index is 0.0732. The van der Waals surface area contributed by atoms with Gasteiger partial charge in [0, 0.05) is 32.7 Å². The standard InChI is InChI=1S/C14H22F2N2O3/c1-3-17-6-5-13(12(17)20)8-14(15,16)10-18(9-13)11(19)7-21-4-2/h3-10H2,1-2H3/t13-/m1/s1. The molecule has 2 fully saturated rings. The number of carbonyl (C=O) groups is 2. The molecule has 0 aromatic rings. The average Bonchev–Trinajstić information content (AvgIpc) is 2.70. The molecule has 2 heterocycles. The number of rotatable bonds is 4. The molecule has 2 aliphatic heterocycles.